The van der Waals surface area contributed by atoms with Crippen molar-refractivity contribution in [3.63, 3.8) is 0 Å². The van der Waals surface area contributed by atoms with E-state index in [2.05, 4.69) is 15.6 Å². The molecule has 0 saturated heterocycles. The van der Waals surface area contributed by atoms with Gasteiger partial charge < -0.3 is 15.4 Å². The van der Waals surface area contributed by atoms with E-state index in [-0.39, 0.29) is 5.91 Å². The fourth-order valence-electron chi connectivity index (χ4n) is 2.29. The quantitative estimate of drug-likeness (QED) is 0.900. The summed E-state index contributed by atoms with van der Waals surface area (Å²) >= 11 is 0. The molecule has 1 aliphatic heterocycles. The first-order chi connectivity index (χ1) is 10.3. The van der Waals surface area contributed by atoms with Gasteiger partial charge >= 0.3 is 0 Å². The highest BCUT2D eigenvalue weighted by atomic mass is 16.5. The number of nitrogens with zero attached hydrogens (tertiary/aromatic N) is 1. The van der Waals surface area contributed by atoms with Crippen LogP contribution in [0, 0.1) is 0 Å². The molecule has 0 fully saturated rings. The summed E-state index contributed by atoms with van der Waals surface area (Å²) in [6, 6.07) is 9.44. The predicted molar refractivity (Wildman–Crippen MR) is 80.2 cm³/mol. The van der Waals surface area contributed by atoms with Gasteiger partial charge in [0.05, 0.1) is 6.42 Å². The highest BCUT2D eigenvalue weighted by Crippen LogP contribution is 2.24. The molecule has 1 aliphatic rings. The van der Waals surface area contributed by atoms with Crippen LogP contribution in [0.3, 0.4) is 0 Å². The van der Waals surface area contributed by atoms with Gasteiger partial charge in [-0.3, -0.25) is 9.78 Å². The number of amides is 1. The molecule has 0 bridgehead atoms. The minimum absolute atomic E-state index is 0.0505. The average Bonchev–Trinajstić information content (AvgIpc) is 2.73. The van der Waals surface area contributed by atoms with Gasteiger partial charge in [-0.25, -0.2) is 0 Å². The Kier molecular flexibility index (Phi) is 4.12. The minimum atomic E-state index is -0.0505. The molecule has 3 rings (SSSR count). The fourth-order valence-corrected chi connectivity index (χ4v) is 2.29. The van der Waals surface area contributed by atoms with Crippen LogP contribution in [0.4, 0.5) is 5.69 Å². The number of pyridine rings is 1. The van der Waals surface area contributed by atoms with Gasteiger partial charge in [0, 0.05) is 36.7 Å². The molecule has 1 aromatic heterocycles. The molecule has 2 heterocycles. The van der Waals surface area contributed by atoms with Gasteiger partial charge in [-0.15, -0.1) is 0 Å². The Morgan fingerprint density at radius 2 is 2.33 bits per heavy atom. The molecule has 0 atom stereocenters. The van der Waals surface area contributed by atoms with Crippen LogP contribution >= 0.6 is 0 Å². The molecule has 0 saturated carbocycles. The smallest absolute Gasteiger partial charge is 0.228 e. The molecule has 108 valence electrons. The summed E-state index contributed by atoms with van der Waals surface area (Å²) in [6.45, 7) is 2.25. The van der Waals surface area contributed by atoms with Crippen LogP contribution in [0.15, 0.2) is 42.7 Å². The topological polar surface area (TPSA) is 63.2 Å². The van der Waals surface area contributed by atoms with Crippen LogP contribution < -0.4 is 15.4 Å². The van der Waals surface area contributed by atoms with E-state index in [9.17, 15) is 4.79 Å². The number of rotatable bonds is 3. The number of nitrogens with one attached hydrogen (secondary N) is 2. The summed E-state index contributed by atoms with van der Waals surface area (Å²) in [5.41, 5.74) is 2.75. The third-order valence-corrected chi connectivity index (χ3v) is 3.28. The first-order valence-corrected chi connectivity index (χ1v) is 6.96. The van der Waals surface area contributed by atoms with Gasteiger partial charge in [-0.2, -0.15) is 0 Å². The van der Waals surface area contributed by atoms with Crippen LogP contribution in [-0.2, 0) is 17.8 Å². The number of anilines is 1. The molecule has 2 N–H and O–H groups in total. The molecule has 2 aromatic rings. The lowest BCUT2D eigenvalue weighted by Gasteiger charge is -2.10. The van der Waals surface area contributed by atoms with Crippen molar-refractivity contribution in [2.45, 2.75) is 13.0 Å². The summed E-state index contributed by atoms with van der Waals surface area (Å²) < 4.78 is 5.62. The van der Waals surface area contributed by atoms with E-state index >= 15 is 0 Å². The summed E-state index contributed by atoms with van der Waals surface area (Å²) in [4.78, 5) is 16.0. The van der Waals surface area contributed by atoms with Gasteiger partial charge in [-0.1, -0.05) is 6.07 Å². The van der Waals surface area contributed by atoms with Crippen molar-refractivity contribution >= 4 is 11.6 Å². The number of hydrogen-bond donors (Lipinski definition) is 2. The highest BCUT2D eigenvalue weighted by molar-refractivity contribution is 5.92. The number of benzene rings is 1. The van der Waals surface area contributed by atoms with E-state index in [4.69, 9.17) is 4.74 Å². The van der Waals surface area contributed by atoms with Crippen molar-refractivity contribution in [2.75, 3.05) is 18.5 Å². The third kappa shape index (κ3) is 3.58. The van der Waals surface area contributed by atoms with Crippen LogP contribution in [0.25, 0.3) is 0 Å². The zero-order valence-corrected chi connectivity index (χ0v) is 11.6. The lowest BCUT2D eigenvalue weighted by Crippen LogP contribution is -2.16. The number of fused-ring (bicyclic) bond motifs is 1. The Labute approximate surface area is 123 Å². The van der Waals surface area contributed by atoms with E-state index in [1.807, 2.05) is 30.3 Å². The number of hydrogen-bond acceptors (Lipinski definition) is 4. The standard InChI is InChI=1S/C16H17N3O2/c20-16(8-12-2-1-5-17-10-12)19-14-3-4-15-13(9-14)11-18-6-7-21-15/h1-5,9-10,18H,6-8,11H2,(H,19,20). The largest absolute Gasteiger partial charge is 0.492 e. The van der Waals surface area contributed by atoms with E-state index in [1.165, 1.54) is 0 Å². The van der Waals surface area contributed by atoms with E-state index < -0.39 is 0 Å². The number of carbonyl (C=O) groups excluding carboxylic acids is 1. The summed E-state index contributed by atoms with van der Waals surface area (Å²) in [5.74, 6) is 0.829. The van der Waals surface area contributed by atoms with Crippen molar-refractivity contribution in [3.8, 4) is 5.75 Å². The lowest BCUT2D eigenvalue weighted by atomic mass is 10.1. The van der Waals surface area contributed by atoms with Crippen LogP contribution in [-0.4, -0.2) is 24.0 Å². The molecule has 21 heavy (non-hydrogen) atoms. The molecular formula is C16H17N3O2. The van der Waals surface area contributed by atoms with Crippen LogP contribution in [0.5, 0.6) is 5.75 Å². The van der Waals surface area contributed by atoms with Gasteiger partial charge in [0.1, 0.15) is 12.4 Å². The Morgan fingerprint density at radius 1 is 1.38 bits per heavy atom. The first-order valence-electron chi connectivity index (χ1n) is 6.96. The zero-order valence-electron chi connectivity index (χ0n) is 11.6. The number of carbonyl (C=O) groups is 1. The fraction of sp³-hybridized carbons (Fsp3) is 0.250. The summed E-state index contributed by atoms with van der Waals surface area (Å²) in [6.07, 6.45) is 3.72. The van der Waals surface area contributed by atoms with Crippen molar-refractivity contribution in [3.05, 3.63) is 53.9 Å². The molecule has 0 aliphatic carbocycles. The number of ether oxygens (including phenoxy) is 1. The maximum absolute atomic E-state index is 12.0. The van der Waals surface area contributed by atoms with Crippen molar-refractivity contribution in [2.24, 2.45) is 0 Å². The van der Waals surface area contributed by atoms with Crippen molar-refractivity contribution in [1.29, 1.82) is 0 Å². The minimum Gasteiger partial charge on any atom is -0.492 e. The first kappa shape index (κ1) is 13.6. The van der Waals surface area contributed by atoms with Gasteiger partial charge in [0.2, 0.25) is 5.91 Å². The molecule has 5 heteroatoms. The second kappa shape index (κ2) is 6.37. The molecular weight excluding hydrogens is 266 g/mol. The van der Waals surface area contributed by atoms with Gasteiger partial charge in [0.15, 0.2) is 0 Å². The molecule has 0 unspecified atom stereocenters. The van der Waals surface area contributed by atoms with E-state index in [0.29, 0.717) is 13.0 Å². The number of aromatic nitrogens is 1. The Bertz CT molecular complexity index is 629. The van der Waals surface area contributed by atoms with Crippen LogP contribution in [0.2, 0.25) is 0 Å². The SMILES string of the molecule is O=C(Cc1cccnc1)Nc1ccc2c(c1)CNCCO2. The Morgan fingerprint density at radius 3 is 3.19 bits per heavy atom. The zero-order chi connectivity index (χ0) is 14.5. The Balaban J connectivity index is 1.67. The Hall–Kier alpha value is -2.40. The normalized spacial score (nSPS) is 13.7. The molecule has 5 nitrogen and oxygen atoms in total. The maximum atomic E-state index is 12.0. The van der Waals surface area contributed by atoms with Gasteiger partial charge in [-0.05, 0) is 29.8 Å². The van der Waals surface area contributed by atoms with Crippen molar-refractivity contribution < 1.29 is 9.53 Å². The second-order valence-electron chi connectivity index (χ2n) is 4.93. The molecule has 1 aromatic carbocycles. The second-order valence-corrected chi connectivity index (χ2v) is 4.93. The molecule has 0 spiro atoms. The lowest BCUT2D eigenvalue weighted by molar-refractivity contribution is -0.115. The summed E-state index contributed by atoms with van der Waals surface area (Å²) in [5, 5.41) is 6.19. The molecule has 0 radical (unpaired) electrons. The van der Waals surface area contributed by atoms with E-state index in [1.54, 1.807) is 12.4 Å². The van der Waals surface area contributed by atoms with Crippen molar-refractivity contribution in [1.82, 2.24) is 10.3 Å². The molecule has 1 amide bonds. The summed E-state index contributed by atoms with van der Waals surface area (Å²) in [7, 11) is 0. The van der Waals surface area contributed by atoms with Crippen LogP contribution in [0.1, 0.15) is 11.1 Å². The van der Waals surface area contributed by atoms with Gasteiger partial charge in [0.25, 0.3) is 0 Å². The third-order valence-electron chi connectivity index (χ3n) is 3.28. The monoisotopic (exact) mass is 283 g/mol. The van der Waals surface area contributed by atoms with E-state index in [0.717, 1.165) is 35.7 Å². The highest BCUT2D eigenvalue weighted by Gasteiger charge is 2.10. The maximum Gasteiger partial charge on any atom is 0.228 e. The average molecular weight is 283 g/mol. The predicted octanol–water partition coefficient (Wildman–Crippen LogP) is 1.74.